The molecular weight excluding hydrogens is 238 g/mol. The van der Waals surface area contributed by atoms with Gasteiger partial charge in [-0.3, -0.25) is 9.69 Å². The van der Waals surface area contributed by atoms with Gasteiger partial charge in [0.05, 0.1) is 12.6 Å². The number of ether oxygens (including phenoxy) is 2. The molecule has 6 nitrogen and oxygen atoms in total. The summed E-state index contributed by atoms with van der Waals surface area (Å²) in [5.41, 5.74) is 0.677. The summed E-state index contributed by atoms with van der Waals surface area (Å²) in [4.78, 5) is 12.1. The monoisotopic (exact) mass is 253 g/mol. The molecule has 1 aliphatic heterocycles. The number of aliphatic hydroxyl groups excluding tert-OH is 1. The molecule has 0 fully saturated rings. The lowest BCUT2D eigenvalue weighted by Gasteiger charge is -2.19. The normalized spacial score (nSPS) is 14.8. The molecule has 1 aliphatic rings. The molecule has 98 valence electrons. The summed E-state index contributed by atoms with van der Waals surface area (Å²) in [7, 11) is 1.64. The predicted molar refractivity (Wildman–Crippen MR) is 62.7 cm³/mol. The van der Waals surface area contributed by atoms with Crippen LogP contribution >= 0.6 is 0 Å². The fourth-order valence-corrected chi connectivity index (χ4v) is 1.82. The number of benzene rings is 1. The summed E-state index contributed by atoms with van der Waals surface area (Å²) in [6.07, 6.45) is -0.760. The van der Waals surface area contributed by atoms with Crippen molar-refractivity contribution in [2.24, 2.45) is 0 Å². The van der Waals surface area contributed by atoms with Gasteiger partial charge in [0.15, 0.2) is 11.5 Å². The van der Waals surface area contributed by atoms with E-state index in [0.717, 1.165) is 0 Å². The smallest absolute Gasteiger partial charge is 0.317 e. The van der Waals surface area contributed by atoms with Gasteiger partial charge in [0.2, 0.25) is 6.79 Å². The van der Waals surface area contributed by atoms with Crippen molar-refractivity contribution in [3.05, 3.63) is 23.8 Å². The lowest BCUT2D eigenvalue weighted by Crippen LogP contribution is -2.29. The zero-order valence-electron chi connectivity index (χ0n) is 10.00. The Morgan fingerprint density at radius 1 is 1.44 bits per heavy atom. The van der Waals surface area contributed by atoms with Gasteiger partial charge in [-0.05, 0) is 24.7 Å². The Balaban J connectivity index is 2.00. The Bertz CT molecular complexity index is 448. The highest BCUT2D eigenvalue weighted by atomic mass is 16.7. The summed E-state index contributed by atoms with van der Waals surface area (Å²) in [5.74, 6) is 0.340. The Labute approximate surface area is 104 Å². The van der Waals surface area contributed by atoms with E-state index in [-0.39, 0.29) is 19.9 Å². The lowest BCUT2D eigenvalue weighted by molar-refractivity contribution is -0.138. The SMILES string of the molecule is CN(CC(=O)O)CC(O)c1ccc2c(c1)OCO2. The summed E-state index contributed by atoms with van der Waals surface area (Å²) in [6.45, 7) is 0.321. The largest absolute Gasteiger partial charge is 0.480 e. The molecule has 2 N–H and O–H groups in total. The highest BCUT2D eigenvalue weighted by Gasteiger charge is 2.18. The Morgan fingerprint density at radius 2 is 2.17 bits per heavy atom. The minimum Gasteiger partial charge on any atom is -0.480 e. The predicted octanol–water partition coefficient (Wildman–Crippen LogP) is 0.465. The minimum absolute atomic E-state index is 0.110. The molecule has 6 heteroatoms. The highest BCUT2D eigenvalue weighted by Crippen LogP contribution is 2.34. The molecule has 0 saturated heterocycles. The van der Waals surface area contributed by atoms with Gasteiger partial charge in [-0.1, -0.05) is 6.07 Å². The number of rotatable bonds is 5. The van der Waals surface area contributed by atoms with Crippen LogP contribution in [-0.2, 0) is 4.79 Å². The van der Waals surface area contributed by atoms with Crippen molar-refractivity contribution in [3.8, 4) is 11.5 Å². The first-order chi connectivity index (χ1) is 8.56. The molecule has 1 aromatic carbocycles. The Morgan fingerprint density at radius 3 is 2.89 bits per heavy atom. The third-order valence-corrected chi connectivity index (χ3v) is 2.67. The second-order valence-electron chi connectivity index (χ2n) is 4.22. The van der Waals surface area contributed by atoms with Crippen molar-refractivity contribution in [3.63, 3.8) is 0 Å². The van der Waals surface area contributed by atoms with Gasteiger partial charge in [0.25, 0.3) is 0 Å². The zero-order chi connectivity index (χ0) is 13.1. The molecule has 0 spiro atoms. The van der Waals surface area contributed by atoms with Gasteiger partial charge in [0.1, 0.15) is 0 Å². The molecule has 0 amide bonds. The van der Waals surface area contributed by atoms with E-state index in [1.54, 1.807) is 25.2 Å². The molecule has 1 unspecified atom stereocenters. The second kappa shape index (κ2) is 5.24. The van der Waals surface area contributed by atoms with Crippen molar-refractivity contribution in [1.29, 1.82) is 0 Å². The van der Waals surface area contributed by atoms with Crippen molar-refractivity contribution < 1.29 is 24.5 Å². The molecular formula is C12H15NO5. The highest BCUT2D eigenvalue weighted by molar-refractivity contribution is 5.69. The van der Waals surface area contributed by atoms with Crippen LogP contribution in [0.3, 0.4) is 0 Å². The van der Waals surface area contributed by atoms with E-state index in [1.807, 2.05) is 0 Å². The fraction of sp³-hybridized carbons (Fsp3) is 0.417. The van der Waals surface area contributed by atoms with Gasteiger partial charge >= 0.3 is 5.97 Å². The molecule has 0 saturated carbocycles. The number of likely N-dealkylation sites (N-methyl/N-ethyl adjacent to an activating group) is 1. The number of hydrogen-bond donors (Lipinski definition) is 2. The summed E-state index contributed by atoms with van der Waals surface area (Å²) in [5, 5.41) is 18.6. The van der Waals surface area contributed by atoms with Crippen molar-refractivity contribution in [2.45, 2.75) is 6.10 Å². The molecule has 1 atom stereocenters. The van der Waals surface area contributed by atoms with Gasteiger partial charge in [-0.25, -0.2) is 0 Å². The number of hydrogen-bond acceptors (Lipinski definition) is 5. The second-order valence-corrected chi connectivity index (χ2v) is 4.22. The number of carboxylic acid groups (broad SMARTS) is 1. The van der Waals surface area contributed by atoms with E-state index in [2.05, 4.69) is 0 Å². The average Bonchev–Trinajstić information content (AvgIpc) is 2.74. The van der Waals surface area contributed by atoms with Crippen LogP contribution in [0, 0.1) is 0 Å². The van der Waals surface area contributed by atoms with Gasteiger partial charge in [-0.15, -0.1) is 0 Å². The lowest BCUT2D eigenvalue weighted by atomic mass is 10.1. The molecule has 2 rings (SSSR count). The summed E-state index contributed by atoms with van der Waals surface area (Å²) in [6, 6.07) is 5.19. The van der Waals surface area contributed by atoms with E-state index < -0.39 is 12.1 Å². The van der Waals surface area contributed by atoms with Crippen molar-refractivity contribution >= 4 is 5.97 Å². The molecule has 0 aromatic heterocycles. The summed E-state index contributed by atoms with van der Waals surface area (Å²) >= 11 is 0. The zero-order valence-corrected chi connectivity index (χ0v) is 10.00. The number of aliphatic hydroxyl groups is 1. The van der Waals surface area contributed by atoms with E-state index in [1.165, 1.54) is 4.90 Å². The number of aliphatic carboxylic acids is 1. The number of carboxylic acids is 1. The van der Waals surface area contributed by atoms with Crippen LogP contribution in [0.25, 0.3) is 0 Å². The maximum atomic E-state index is 10.5. The van der Waals surface area contributed by atoms with Crippen molar-refractivity contribution in [2.75, 3.05) is 26.9 Å². The Kier molecular flexibility index (Phi) is 3.69. The van der Waals surface area contributed by atoms with Crippen LogP contribution in [0.1, 0.15) is 11.7 Å². The molecule has 1 heterocycles. The maximum absolute atomic E-state index is 10.5. The third-order valence-electron chi connectivity index (χ3n) is 2.67. The van der Waals surface area contributed by atoms with Crippen molar-refractivity contribution in [1.82, 2.24) is 4.90 Å². The molecule has 0 radical (unpaired) electrons. The quantitative estimate of drug-likeness (QED) is 0.794. The van der Waals surface area contributed by atoms with Gasteiger partial charge < -0.3 is 19.7 Å². The van der Waals surface area contributed by atoms with E-state index in [4.69, 9.17) is 14.6 Å². The number of fused-ring (bicyclic) bond motifs is 1. The Hall–Kier alpha value is -1.79. The third kappa shape index (κ3) is 2.91. The topological polar surface area (TPSA) is 79.2 Å². The minimum atomic E-state index is -0.921. The fourth-order valence-electron chi connectivity index (χ4n) is 1.82. The number of nitrogens with zero attached hydrogens (tertiary/aromatic N) is 1. The first-order valence-electron chi connectivity index (χ1n) is 5.54. The first-order valence-corrected chi connectivity index (χ1v) is 5.54. The van der Waals surface area contributed by atoms with Gasteiger partial charge in [0, 0.05) is 6.54 Å². The molecule has 0 bridgehead atoms. The van der Waals surface area contributed by atoms with Crippen LogP contribution < -0.4 is 9.47 Å². The maximum Gasteiger partial charge on any atom is 0.317 e. The van der Waals surface area contributed by atoms with Crippen LogP contribution in [0.2, 0.25) is 0 Å². The van der Waals surface area contributed by atoms with E-state index in [0.29, 0.717) is 17.1 Å². The average molecular weight is 253 g/mol. The molecule has 18 heavy (non-hydrogen) atoms. The summed E-state index contributed by atoms with van der Waals surface area (Å²) < 4.78 is 10.4. The van der Waals surface area contributed by atoms with E-state index in [9.17, 15) is 9.90 Å². The first kappa shape index (κ1) is 12.7. The number of carbonyl (C=O) groups is 1. The standard InChI is InChI=1S/C12H15NO5/c1-13(6-12(15)16)5-9(14)8-2-3-10-11(4-8)18-7-17-10/h2-4,9,14H,5-7H2,1H3,(H,15,16). The molecule has 1 aromatic rings. The van der Waals surface area contributed by atoms with Crippen LogP contribution in [0.5, 0.6) is 11.5 Å². The molecule has 0 aliphatic carbocycles. The van der Waals surface area contributed by atoms with Gasteiger partial charge in [-0.2, -0.15) is 0 Å². The van der Waals surface area contributed by atoms with Crippen LogP contribution in [0.15, 0.2) is 18.2 Å². The van der Waals surface area contributed by atoms with Crippen LogP contribution in [-0.4, -0.2) is 48.0 Å². The van der Waals surface area contributed by atoms with E-state index >= 15 is 0 Å². The van der Waals surface area contributed by atoms with Crippen LogP contribution in [0.4, 0.5) is 0 Å².